The molecule has 1 saturated carbocycles. The highest BCUT2D eigenvalue weighted by atomic mass is 19.1. The molecule has 29 heavy (non-hydrogen) atoms. The molecular weight excluding hydrogens is 367 g/mol. The Hall–Kier alpha value is -2.31. The second-order valence-corrected chi connectivity index (χ2v) is 8.09. The lowest BCUT2D eigenvalue weighted by Gasteiger charge is -2.41. The Balaban J connectivity index is 1.39. The summed E-state index contributed by atoms with van der Waals surface area (Å²) in [7, 11) is 0. The largest absolute Gasteiger partial charge is 0.311 e. The van der Waals surface area contributed by atoms with Crippen LogP contribution in [0.1, 0.15) is 31.9 Å². The van der Waals surface area contributed by atoms with Crippen LogP contribution in [0.3, 0.4) is 0 Å². The molecule has 4 rings (SSSR count). The molecule has 1 saturated heterocycles. The maximum absolute atomic E-state index is 13.9. The van der Waals surface area contributed by atoms with Gasteiger partial charge in [-0.2, -0.15) is 0 Å². The maximum Gasteiger partial charge on any atom is 0.226 e. The fourth-order valence-electron chi connectivity index (χ4n) is 4.26. The van der Waals surface area contributed by atoms with Gasteiger partial charge in [0.25, 0.3) is 0 Å². The first kappa shape index (κ1) is 20.0. The molecule has 1 aromatic heterocycles. The van der Waals surface area contributed by atoms with E-state index in [1.54, 1.807) is 12.3 Å². The normalized spacial score (nSPS) is 19.1. The Bertz CT molecular complexity index is 832. The topological polar surface area (TPSA) is 39.7 Å². The van der Waals surface area contributed by atoms with E-state index in [1.807, 2.05) is 42.2 Å². The van der Waals surface area contributed by atoms with Gasteiger partial charge in [-0.05, 0) is 37.1 Å². The van der Waals surface area contributed by atoms with Crippen LogP contribution in [0.25, 0.3) is 0 Å². The van der Waals surface area contributed by atoms with Crippen LogP contribution < -0.4 is 4.90 Å². The van der Waals surface area contributed by atoms with Crippen molar-refractivity contribution >= 4 is 11.6 Å². The molecule has 1 aliphatic heterocycles. The summed E-state index contributed by atoms with van der Waals surface area (Å²) in [5.74, 6) is -0.0584. The van der Waals surface area contributed by atoms with Crippen LogP contribution in [0.4, 0.5) is 10.1 Å². The number of piperazine rings is 1. The zero-order valence-corrected chi connectivity index (χ0v) is 17.1. The van der Waals surface area contributed by atoms with Crippen molar-refractivity contribution in [2.45, 2.75) is 38.3 Å². The SMILES string of the molecule is CCC(=O)N(CC1(N2CCN(Cc3ncccc3F)CC2)CC1)c1ccccc1. The Morgan fingerprint density at radius 2 is 1.83 bits per heavy atom. The standard InChI is InChI=1S/C23H29FN4O/c1-2-22(29)28(19-7-4-3-5-8-19)18-23(10-11-23)27-15-13-26(14-16-27)17-21-20(24)9-6-12-25-21/h3-9,12H,2,10-11,13-18H2,1H3. The molecule has 2 heterocycles. The Morgan fingerprint density at radius 3 is 2.45 bits per heavy atom. The number of hydrogen-bond donors (Lipinski definition) is 0. The van der Waals surface area contributed by atoms with Gasteiger partial charge in [0.2, 0.25) is 5.91 Å². The second-order valence-electron chi connectivity index (χ2n) is 8.09. The van der Waals surface area contributed by atoms with Crippen LogP contribution in [-0.4, -0.2) is 59.0 Å². The molecule has 0 bridgehead atoms. The first-order valence-electron chi connectivity index (χ1n) is 10.5. The number of benzene rings is 1. The van der Waals surface area contributed by atoms with Crippen molar-refractivity contribution in [2.75, 3.05) is 37.6 Å². The Kier molecular flexibility index (Phi) is 5.92. The summed E-state index contributed by atoms with van der Waals surface area (Å²) in [5.41, 5.74) is 1.59. The quantitative estimate of drug-likeness (QED) is 0.720. The molecule has 1 amide bonds. The molecule has 2 fully saturated rings. The average molecular weight is 397 g/mol. The number of carbonyl (C=O) groups is 1. The predicted octanol–water partition coefficient (Wildman–Crippen LogP) is 3.31. The van der Waals surface area contributed by atoms with Gasteiger partial charge in [-0.15, -0.1) is 0 Å². The lowest BCUT2D eigenvalue weighted by atomic mass is 10.1. The summed E-state index contributed by atoms with van der Waals surface area (Å²) >= 11 is 0. The summed E-state index contributed by atoms with van der Waals surface area (Å²) in [6.45, 7) is 6.90. The van der Waals surface area contributed by atoms with E-state index in [9.17, 15) is 9.18 Å². The molecule has 2 aromatic rings. The Labute approximate surface area is 172 Å². The maximum atomic E-state index is 13.9. The summed E-state index contributed by atoms with van der Waals surface area (Å²) < 4.78 is 13.9. The third-order valence-electron chi connectivity index (χ3n) is 6.20. The second kappa shape index (κ2) is 8.59. The van der Waals surface area contributed by atoms with Crippen molar-refractivity contribution in [1.82, 2.24) is 14.8 Å². The highest BCUT2D eigenvalue weighted by Gasteiger charge is 2.50. The first-order chi connectivity index (χ1) is 14.1. The lowest BCUT2D eigenvalue weighted by Crippen LogP contribution is -2.55. The zero-order valence-electron chi connectivity index (χ0n) is 17.1. The zero-order chi connectivity index (χ0) is 20.3. The number of halogens is 1. The molecule has 0 spiro atoms. The van der Waals surface area contributed by atoms with Crippen molar-refractivity contribution in [3.63, 3.8) is 0 Å². The molecular formula is C23H29FN4O. The summed E-state index contributed by atoms with van der Waals surface area (Å²) in [6.07, 6.45) is 4.41. The Morgan fingerprint density at radius 1 is 1.10 bits per heavy atom. The van der Waals surface area contributed by atoms with E-state index >= 15 is 0 Å². The van der Waals surface area contributed by atoms with E-state index < -0.39 is 0 Å². The summed E-state index contributed by atoms with van der Waals surface area (Å²) in [6, 6.07) is 13.1. The van der Waals surface area contributed by atoms with Crippen LogP contribution in [0.15, 0.2) is 48.7 Å². The molecule has 6 heteroatoms. The van der Waals surface area contributed by atoms with Gasteiger partial charge in [-0.3, -0.25) is 19.6 Å². The summed E-state index contributed by atoms with van der Waals surface area (Å²) in [5, 5.41) is 0. The van der Waals surface area contributed by atoms with Crippen molar-refractivity contribution in [3.05, 3.63) is 60.2 Å². The van der Waals surface area contributed by atoms with Gasteiger partial charge in [-0.25, -0.2) is 4.39 Å². The number of hydrogen-bond acceptors (Lipinski definition) is 4. The van der Waals surface area contributed by atoms with Gasteiger partial charge in [0.05, 0.1) is 5.69 Å². The number of para-hydroxylation sites is 1. The van der Waals surface area contributed by atoms with Crippen molar-refractivity contribution in [1.29, 1.82) is 0 Å². The molecule has 0 unspecified atom stereocenters. The number of carbonyl (C=O) groups excluding carboxylic acids is 1. The van der Waals surface area contributed by atoms with Crippen molar-refractivity contribution < 1.29 is 9.18 Å². The van der Waals surface area contributed by atoms with Gasteiger partial charge < -0.3 is 4.90 Å². The van der Waals surface area contributed by atoms with Gasteiger partial charge in [-0.1, -0.05) is 25.1 Å². The van der Waals surface area contributed by atoms with Crippen LogP contribution in [0, 0.1) is 5.82 Å². The third-order valence-corrected chi connectivity index (χ3v) is 6.20. The van der Waals surface area contributed by atoms with Crippen LogP contribution in [0.5, 0.6) is 0 Å². The fraction of sp³-hybridized carbons (Fsp3) is 0.478. The number of anilines is 1. The van der Waals surface area contributed by atoms with Gasteiger partial charge in [0.1, 0.15) is 5.82 Å². The molecule has 154 valence electrons. The monoisotopic (exact) mass is 396 g/mol. The number of nitrogens with zero attached hydrogens (tertiary/aromatic N) is 4. The number of rotatable bonds is 7. The fourth-order valence-corrected chi connectivity index (χ4v) is 4.26. The smallest absolute Gasteiger partial charge is 0.226 e. The van der Waals surface area contributed by atoms with Gasteiger partial charge >= 0.3 is 0 Å². The number of aromatic nitrogens is 1. The molecule has 0 N–H and O–H groups in total. The minimum Gasteiger partial charge on any atom is -0.311 e. The van der Waals surface area contributed by atoms with Crippen LogP contribution in [0.2, 0.25) is 0 Å². The van der Waals surface area contributed by atoms with E-state index in [2.05, 4.69) is 14.8 Å². The molecule has 2 aliphatic rings. The van der Waals surface area contributed by atoms with E-state index in [-0.39, 0.29) is 17.3 Å². The van der Waals surface area contributed by atoms with E-state index in [0.29, 0.717) is 18.7 Å². The predicted molar refractivity (Wildman–Crippen MR) is 112 cm³/mol. The highest BCUT2D eigenvalue weighted by Crippen LogP contribution is 2.43. The van der Waals surface area contributed by atoms with Crippen LogP contribution in [-0.2, 0) is 11.3 Å². The highest BCUT2D eigenvalue weighted by molar-refractivity contribution is 5.93. The van der Waals surface area contributed by atoms with E-state index in [1.165, 1.54) is 6.07 Å². The minimum atomic E-state index is -0.231. The van der Waals surface area contributed by atoms with Crippen molar-refractivity contribution in [3.8, 4) is 0 Å². The van der Waals surface area contributed by atoms with Gasteiger partial charge in [0.15, 0.2) is 0 Å². The average Bonchev–Trinajstić information content (AvgIpc) is 3.55. The molecule has 0 atom stereocenters. The first-order valence-corrected chi connectivity index (χ1v) is 10.5. The molecule has 1 aliphatic carbocycles. The van der Waals surface area contributed by atoms with Gasteiger partial charge in [0, 0.05) is 63.1 Å². The molecule has 1 aromatic carbocycles. The van der Waals surface area contributed by atoms with E-state index in [4.69, 9.17) is 0 Å². The van der Waals surface area contributed by atoms with Crippen molar-refractivity contribution in [2.24, 2.45) is 0 Å². The number of pyridine rings is 1. The summed E-state index contributed by atoms with van der Waals surface area (Å²) in [4.78, 5) is 23.6. The van der Waals surface area contributed by atoms with E-state index in [0.717, 1.165) is 51.3 Å². The third kappa shape index (κ3) is 4.49. The van der Waals surface area contributed by atoms with Crippen LogP contribution >= 0.6 is 0 Å². The lowest BCUT2D eigenvalue weighted by molar-refractivity contribution is -0.118. The number of amides is 1. The minimum absolute atomic E-state index is 0.0863. The molecule has 0 radical (unpaired) electrons. The molecule has 5 nitrogen and oxygen atoms in total.